The van der Waals surface area contributed by atoms with Crippen molar-refractivity contribution < 1.29 is 33.4 Å². The summed E-state index contributed by atoms with van der Waals surface area (Å²) in [5.74, 6) is 2.49. The molecule has 0 radical (unpaired) electrons. The Bertz CT molecular complexity index is 2180. The largest absolute Gasteiger partial charge is 0.487 e. The van der Waals surface area contributed by atoms with E-state index in [9.17, 15) is 19.2 Å². The summed E-state index contributed by atoms with van der Waals surface area (Å²) in [7, 11) is 2.59. The van der Waals surface area contributed by atoms with Gasteiger partial charge in [-0.15, -0.1) is 0 Å². The molecule has 0 bridgehead atoms. The first-order chi connectivity index (χ1) is 27.4. The van der Waals surface area contributed by atoms with Crippen molar-refractivity contribution in [2.24, 2.45) is 23.7 Å². The van der Waals surface area contributed by atoms with Crippen LogP contribution in [0.5, 0.6) is 5.75 Å². The van der Waals surface area contributed by atoms with Gasteiger partial charge in [0.2, 0.25) is 11.8 Å². The van der Waals surface area contributed by atoms with E-state index in [1.165, 1.54) is 14.2 Å². The Hall–Kier alpha value is -5.86. The molecular weight excluding hydrogens is 729 g/mol. The Balaban J connectivity index is 0.968. The minimum atomic E-state index is -0.705. The molecule has 4 N–H and O–H groups in total. The van der Waals surface area contributed by atoms with Crippen LogP contribution in [-0.4, -0.2) is 93.1 Å². The average molecular weight is 779 g/mol. The van der Waals surface area contributed by atoms with Gasteiger partial charge in [0.1, 0.15) is 36.1 Å². The van der Waals surface area contributed by atoms with E-state index in [1.807, 2.05) is 55.8 Å². The zero-order valence-electron chi connectivity index (χ0n) is 33.1. The van der Waals surface area contributed by atoms with Gasteiger partial charge in [-0.25, -0.2) is 19.6 Å². The van der Waals surface area contributed by atoms with Crippen molar-refractivity contribution in [1.29, 1.82) is 0 Å². The second-order valence-corrected chi connectivity index (χ2v) is 16.2. The third kappa shape index (κ3) is 7.19. The molecule has 0 spiro atoms. The molecule has 2 aromatic heterocycles. The summed E-state index contributed by atoms with van der Waals surface area (Å²) in [5, 5.41) is 5.43. The fourth-order valence-corrected chi connectivity index (χ4v) is 8.67. The summed E-state index contributed by atoms with van der Waals surface area (Å²) < 4.78 is 15.8. The maximum absolute atomic E-state index is 13.7. The molecule has 15 heteroatoms. The number of hydrogen-bond donors (Lipinski definition) is 4. The Kier molecular flexibility index (Phi) is 10.2. The number of carbonyl (C=O) groups excluding carboxylic acids is 4. The number of imidazole rings is 2. The van der Waals surface area contributed by atoms with E-state index < -0.39 is 24.3 Å². The predicted molar refractivity (Wildman–Crippen MR) is 209 cm³/mol. The number of amides is 4. The van der Waals surface area contributed by atoms with Crippen LogP contribution in [0.4, 0.5) is 9.59 Å². The number of H-pyrrole nitrogens is 2. The highest BCUT2D eigenvalue weighted by atomic mass is 16.5. The Morgan fingerprint density at radius 2 is 1.49 bits per heavy atom. The number of benzene rings is 2. The first kappa shape index (κ1) is 38.0. The lowest BCUT2D eigenvalue weighted by molar-refractivity contribution is -0.136. The lowest BCUT2D eigenvalue weighted by Gasteiger charge is -2.31. The van der Waals surface area contributed by atoms with Crippen molar-refractivity contribution in [3.63, 3.8) is 0 Å². The molecule has 2 saturated heterocycles. The number of methoxy groups -OCH3 is 2. The zero-order chi connectivity index (χ0) is 40.1. The third-order valence-electron chi connectivity index (χ3n) is 11.9. The van der Waals surface area contributed by atoms with Crippen LogP contribution in [0.2, 0.25) is 0 Å². The lowest BCUT2D eigenvalue weighted by atomic mass is 9.99. The Morgan fingerprint density at radius 3 is 2.16 bits per heavy atom. The van der Waals surface area contributed by atoms with E-state index >= 15 is 0 Å². The highest BCUT2D eigenvalue weighted by Gasteiger charge is 2.56. The van der Waals surface area contributed by atoms with E-state index in [0.29, 0.717) is 37.4 Å². The molecule has 6 atom stereocenters. The summed E-state index contributed by atoms with van der Waals surface area (Å²) in [4.78, 5) is 71.9. The molecule has 1 saturated carbocycles. The molecule has 3 aliphatic heterocycles. The normalized spacial score (nSPS) is 21.6. The summed E-state index contributed by atoms with van der Waals surface area (Å²) in [5.41, 5.74) is 6.40. The number of piperidine rings is 1. The number of fused-ring (bicyclic) bond motifs is 4. The number of likely N-dealkylation sites (tertiary alicyclic amines) is 2. The maximum atomic E-state index is 13.7. The van der Waals surface area contributed by atoms with E-state index in [0.717, 1.165) is 70.2 Å². The Morgan fingerprint density at radius 1 is 0.842 bits per heavy atom. The van der Waals surface area contributed by atoms with Crippen LogP contribution in [0.3, 0.4) is 0 Å². The van der Waals surface area contributed by atoms with Crippen molar-refractivity contribution in [2.75, 3.05) is 27.3 Å². The molecule has 4 amide bonds. The first-order valence-electron chi connectivity index (χ1n) is 19.8. The molecule has 3 fully saturated rings. The van der Waals surface area contributed by atoms with Gasteiger partial charge in [-0.05, 0) is 71.8 Å². The standard InChI is InChI=1S/C42H50N8O7/c1-21(2)33(47-41(53)55-5)39(51)49-15-7-8-31(49)37-45-30-20-57-32-17-25(13-14-27(32)35(30)46-37)23-9-11-24(12-10-23)29-18-43-38(44-29)36-28-16-26(28)19-50(36)40(52)34(22(3)4)48-42(54)56-6/h9-14,17-18,21-22,26,28,31,33-34,36H,7-8,15-16,19-20H2,1-6H3,(H,43,44)(H,45,46)(H,47,53)(H,48,54)/t26-,28-,31+,33+,34+,36+/m1/s1. The van der Waals surface area contributed by atoms with Crippen molar-refractivity contribution in [3.8, 4) is 39.4 Å². The van der Waals surface area contributed by atoms with Crippen molar-refractivity contribution in [3.05, 3.63) is 66.0 Å². The van der Waals surface area contributed by atoms with Crippen LogP contribution >= 0.6 is 0 Å². The maximum Gasteiger partial charge on any atom is 0.407 e. The molecule has 2 aromatic carbocycles. The molecule has 1 aliphatic carbocycles. The summed E-state index contributed by atoms with van der Waals surface area (Å²) >= 11 is 0. The number of carbonyl (C=O) groups is 4. The van der Waals surface area contributed by atoms with Crippen LogP contribution in [0.15, 0.2) is 48.7 Å². The van der Waals surface area contributed by atoms with E-state index in [2.05, 4.69) is 50.9 Å². The van der Waals surface area contributed by atoms with Gasteiger partial charge in [-0.3, -0.25) is 9.59 Å². The number of nitrogens with zero attached hydrogens (tertiary/aromatic N) is 4. The fraction of sp³-hybridized carbons (Fsp3) is 0.476. The smallest absolute Gasteiger partial charge is 0.407 e. The van der Waals surface area contributed by atoms with Crippen molar-refractivity contribution in [1.82, 2.24) is 40.4 Å². The number of alkyl carbamates (subject to hydrolysis) is 2. The van der Waals surface area contributed by atoms with Gasteiger partial charge < -0.3 is 44.6 Å². The van der Waals surface area contributed by atoms with E-state index in [-0.39, 0.29) is 35.7 Å². The van der Waals surface area contributed by atoms with Crippen molar-refractivity contribution >= 4 is 24.0 Å². The summed E-state index contributed by atoms with van der Waals surface area (Å²) in [6, 6.07) is 12.5. The monoisotopic (exact) mass is 778 g/mol. The summed E-state index contributed by atoms with van der Waals surface area (Å²) in [6.07, 6.45) is 3.22. The van der Waals surface area contributed by atoms with Gasteiger partial charge in [0, 0.05) is 18.7 Å². The number of aromatic amines is 2. The Labute approximate surface area is 331 Å². The minimum absolute atomic E-state index is 0.105. The number of ether oxygens (including phenoxy) is 3. The molecule has 4 aliphatic rings. The molecule has 57 heavy (non-hydrogen) atoms. The number of aromatic nitrogens is 4. The SMILES string of the molecule is COC(=O)N[C@H](C(=O)N1C[C@H]2C[C@H]2[C@H]1c1ncc(-c2ccc(-c3ccc4c(c3)OCc3[nH]c([C@@H]5CCCN5C(=O)[C@@H](NC(=O)OC)C(C)C)nc3-4)cc2)[nH]1)C(C)C. The molecular formula is C42H50N8O7. The van der Waals surface area contributed by atoms with Crippen LogP contribution < -0.4 is 15.4 Å². The minimum Gasteiger partial charge on any atom is -0.487 e. The number of hydrogen-bond acceptors (Lipinski definition) is 9. The van der Waals surface area contributed by atoms with E-state index in [1.54, 1.807) is 0 Å². The zero-order valence-corrected chi connectivity index (χ0v) is 33.1. The second kappa shape index (κ2) is 15.2. The summed E-state index contributed by atoms with van der Waals surface area (Å²) in [6.45, 7) is 9.17. The highest BCUT2D eigenvalue weighted by Crippen LogP contribution is 2.56. The van der Waals surface area contributed by atoms with Gasteiger partial charge in [-0.1, -0.05) is 58.0 Å². The molecule has 4 aromatic rings. The molecule has 8 rings (SSSR count). The fourth-order valence-electron chi connectivity index (χ4n) is 8.67. The quantitative estimate of drug-likeness (QED) is 0.151. The molecule has 5 heterocycles. The second-order valence-electron chi connectivity index (χ2n) is 16.2. The number of nitrogens with one attached hydrogen (secondary N) is 4. The van der Waals surface area contributed by atoms with Crippen molar-refractivity contribution in [2.45, 2.75) is 77.7 Å². The van der Waals surface area contributed by atoms with Gasteiger partial charge in [0.05, 0.1) is 49.6 Å². The highest BCUT2D eigenvalue weighted by molar-refractivity contribution is 5.87. The first-order valence-corrected chi connectivity index (χ1v) is 19.8. The molecule has 0 unspecified atom stereocenters. The van der Waals surface area contributed by atoms with Crippen LogP contribution in [0.1, 0.15) is 76.4 Å². The lowest BCUT2D eigenvalue weighted by Crippen LogP contribution is -2.51. The van der Waals surface area contributed by atoms with Gasteiger partial charge in [0.25, 0.3) is 0 Å². The topological polar surface area (TPSA) is 184 Å². The average Bonchev–Trinajstić information content (AvgIpc) is 3.72. The van der Waals surface area contributed by atoms with Crippen LogP contribution in [0, 0.1) is 23.7 Å². The van der Waals surface area contributed by atoms with Gasteiger partial charge in [0.15, 0.2) is 0 Å². The van der Waals surface area contributed by atoms with Gasteiger partial charge in [-0.2, -0.15) is 0 Å². The number of rotatable bonds is 10. The van der Waals surface area contributed by atoms with Crippen LogP contribution in [0.25, 0.3) is 33.6 Å². The molecule has 300 valence electrons. The van der Waals surface area contributed by atoms with Crippen LogP contribution in [-0.2, 0) is 25.7 Å². The van der Waals surface area contributed by atoms with E-state index in [4.69, 9.17) is 24.2 Å². The third-order valence-corrected chi connectivity index (χ3v) is 11.9. The predicted octanol–water partition coefficient (Wildman–Crippen LogP) is 5.97. The molecule has 15 nitrogen and oxygen atoms in total. The van der Waals surface area contributed by atoms with Gasteiger partial charge >= 0.3 is 12.2 Å².